The first-order valence-electron chi connectivity index (χ1n) is 5.95. The molecular weight excluding hydrogens is 275 g/mol. The molecule has 0 aliphatic rings. The van der Waals surface area contributed by atoms with Gasteiger partial charge in [0.2, 0.25) is 0 Å². The third kappa shape index (κ3) is 3.19. The number of carbonyl (C=O) groups excluding carboxylic acids is 1. The number of benzene rings is 2. The lowest BCUT2D eigenvalue weighted by molar-refractivity contribution is 0.102. The lowest BCUT2D eigenvalue weighted by atomic mass is 10.1. The molecule has 2 aromatic carbocycles. The summed E-state index contributed by atoms with van der Waals surface area (Å²) >= 11 is 4.87. The Bertz CT molecular complexity index is 685. The number of aryl methyl sites for hydroxylation is 1. The van der Waals surface area contributed by atoms with Crippen LogP contribution in [0.3, 0.4) is 0 Å². The lowest BCUT2D eigenvalue weighted by Gasteiger charge is -2.07. The number of carbonyl (C=O) groups is 1. The van der Waals surface area contributed by atoms with Crippen LogP contribution in [-0.2, 0) is 0 Å². The number of amides is 1. The van der Waals surface area contributed by atoms with Gasteiger partial charge in [-0.25, -0.2) is 4.39 Å². The fourth-order valence-corrected chi connectivity index (χ4v) is 1.81. The van der Waals surface area contributed by atoms with Crippen molar-refractivity contribution in [3.8, 4) is 0 Å². The normalized spacial score (nSPS) is 10.1. The Morgan fingerprint density at radius 2 is 1.90 bits per heavy atom. The standard InChI is InChI=1S/C15H13FN2OS/c1-9-5-6-12(8-13(9)16)18-15(19)11-4-2-3-10(7-11)14(17)20/h2-8H,1H3,(H2,17,20)(H,18,19). The molecule has 0 fully saturated rings. The first-order chi connectivity index (χ1) is 9.47. The smallest absolute Gasteiger partial charge is 0.255 e. The van der Waals surface area contributed by atoms with Gasteiger partial charge in [0.1, 0.15) is 10.8 Å². The highest BCUT2D eigenvalue weighted by Gasteiger charge is 2.08. The van der Waals surface area contributed by atoms with E-state index in [1.165, 1.54) is 6.07 Å². The fourth-order valence-electron chi connectivity index (χ4n) is 1.69. The molecule has 0 saturated heterocycles. The van der Waals surface area contributed by atoms with E-state index in [4.69, 9.17) is 18.0 Å². The Balaban J connectivity index is 2.21. The third-order valence-electron chi connectivity index (χ3n) is 2.84. The summed E-state index contributed by atoms with van der Waals surface area (Å²) in [4.78, 5) is 12.3. The average Bonchev–Trinajstić information content (AvgIpc) is 2.43. The quantitative estimate of drug-likeness (QED) is 0.854. The van der Waals surface area contributed by atoms with E-state index in [0.29, 0.717) is 22.4 Å². The first kappa shape index (κ1) is 14.1. The van der Waals surface area contributed by atoms with Crippen molar-refractivity contribution in [3.63, 3.8) is 0 Å². The fraction of sp³-hybridized carbons (Fsp3) is 0.0667. The van der Waals surface area contributed by atoms with Crippen LogP contribution in [0.25, 0.3) is 0 Å². The zero-order valence-corrected chi connectivity index (χ0v) is 11.6. The lowest BCUT2D eigenvalue weighted by Crippen LogP contribution is -2.14. The van der Waals surface area contributed by atoms with Crippen molar-refractivity contribution in [3.05, 3.63) is 65.0 Å². The van der Waals surface area contributed by atoms with Crippen molar-refractivity contribution in [1.29, 1.82) is 0 Å². The molecule has 3 nitrogen and oxygen atoms in total. The zero-order chi connectivity index (χ0) is 14.7. The second-order valence-electron chi connectivity index (χ2n) is 4.36. The maximum Gasteiger partial charge on any atom is 0.255 e. The molecule has 2 rings (SSSR count). The second kappa shape index (κ2) is 5.79. The summed E-state index contributed by atoms with van der Waals surface area (Å²) < 4.78 is 13.4. The Morgan fingerprint density at radius 3 is 2.55 bits per heavy atom. The van der Waals surface area contributed by atoms with E-state index in [0.717, 1.165) is 0 Å². The largest absolute Gasteiger partial charge is 0.389 e. The van der Waals surface area contributed by atoms with Gasteiger partial charge < -0.3 is 11.1 Å². The molecule has 0 radical (unpaired) electrons. The summed E-state index contributed by atoms with van der Waals surface area (Å²) in [5.74, 6) is -0.703. The molecule has 20 heavy (non-hydrogen) atoms. The highest BCUT2D eigenvalue weighted by atomic mass is 32.1. The van der Waals surface area contributed by atoms with Crippen LogP contribution in [0.5, 0.6) is 0 Å². The third-order valence-corrected chi connectivity index (χ3v) is 3.07. The van der Waals surface area contributed by atoms with E-state index in [-0.39, 0.29) is 16.7 Å². The van der Waals surface area contributed by atoms with Gasteiger partial charge in [0.25, 0.3) is 5.91 Å². The number of nitrogens with one attached hydrogen (secondary N) is 1. The van der Waals surface area contributed by atoms with E-state index in [1.54, 1.807) is 43.3 Å². The average molecular weight is 288 g/mol. The minimum Gasteiger partial charge on any atom is -0.389 e. The van der Waals surface area contributed by atoms with E-state index in [1.807, 2.05) is 0 Å². The Kier molecular flexibility index (Phi) is 4.10. The van der Waals surface area contributed by atoms with Gasteiger partial charge in [0.05, 0.1) is 0 Å². The van der Waals surface area contributed by atoms with E-state index in [9.17, 15) is 9.18 Å². The summed E-state index contributed by atoms with van der Waals surface area (Å²) in [6, 6.07) is 11.2. The first-order valence-corrected chi connectivity index (χ1v) is 6.35. The molecule has 5 heteroatoms. The molecule has 102 valence electrons. The van der Waals surface area contributed by atoms with Crippen LogP contribution in [-0.4, -0.2) is 10.9 Å². The SMILES string of the molecule is Cc1ccc(NC(=O)c2cccc(C(N)=S)c2)cc1F. The summed E-state index contributed by atoms with van der Waals surface area (Å²) in [5, 5.41) is 2.63. The van der Waals surface area contributed by atoms with Gasteiger partial charge in [-0.1, -0.05) is 30.4 Å². The predicted molar refractivity (Wildman–Crippen MR) is 81.4 cm³/mol. The molecule has 0 aliphatic carbocycles. The van der Waals surface area contributed by atoms with Gasteiger partial charge in [-0.3, -0.25) is 4.79 Å². The van der Waals surface area contributed by atoms with E-state index < -0.39 is 0 Å². The van der Waals surface area contributed by atoms with Crippen molar-refractivity contribution in [2.75, 3.05) is 5.32 Å². The van der Waals surface area contributed by atoms with Gasteiger partial charge in [-0.05, 0) is 36.8 Å². The molecule has 0 aliphatic heterocycles. The minimum absolute atomic E-state index is 0.223. The zero-order valence-electron chi connectivity index (χ0n) is 10.8. The van der Waals surface area contributed by atoms with Crippen molar-refractivity contribution >= 4 is 28.8 Å². The number of hydrogen-bond acceptors (Lipinski definition) is 2. The monoisotopic (exact) mass is 288 g/mol. The molecule has 0 spiro atoms. The molecular formula is C15H13FN2OS. The van der Waals surface area contributed by atoms with Crippen molar-refractivity contribution in [2.45, 2.75) is 6.92 Å². The Hall–Kier alpha value is -2.27. The van der Waals surface area contributed by atoms with Gasteiger partial charge in [-0.15, -0.1) is 0 Å². The van der Waals surface area contributed by atoms with Crippen LogP contribution in [0.1, 0.15) is 21.5 Å². The number of nitrogens with two attached hydrogens (primary N) is 1. The highest BCUT2D eigenvalue weighted by Crippen LogP contribution is 2.15. The van der Waals surface area contributed by atoms with Crippen LogP contribution >= 0.6 is 12.2 Å². The van der Waals surface area contributed by atoms with Crippen LogP contribution in [0.4, 0.5) is 10.1 Å². The number of anilines is 1. The van der Waals surface area contributed by atoms with Crippen molar-refractivity contribution in [1.82, 2.24) is 0 Å². The van der Waals surface area contributed by atoms with E-state index >= 15 is 0 Å². The summed E-state index contributed by atoms with van der Waals surface area (Å²) in [5.41, 5.74) is 7.48. The molecule has 1 amide bonds. The van der Waals surface area contributed by atoms with Gasteiger partial charge in [0, 0.05) is 16.8 Å². The van der Waals surface area contributed by atoms with Crippen LogP contribution in [0, 0.1) is 12.7 Å². The topological polar surface area (TPSA) is 55.1 Å². The van der Waals surface area contributed by atoms with Gasteiger partial charge in [0.15, 0.2) is 0 Å². The molecule has 0 bridgehead atoms. The Labute approximate surface area is 121 Å². The maximum absolute atomic E-state index is 13.4. The highest BCUT2D eigenvalue weighted by molar-refractivity contribution is 7.80. The summed E-state index contributed by atoms with van der Waals surface area (Å²) in [6.45, 7) is 1.66. The van der Waals surface area contributed by atoms with Crippen LogP contribution in [0.15, 0.2) is 42.5 Å². The van der Waals surface area contributed by atoms with E-state index in [2.05, 4.69) is 5.32 Å². The van der Waals surface area contributed by atoms with Gasteiger partial charge in [-0.2, -0.15) is 0 Å². The molecule has 0 saturated carbocycles. The summed E-state index contributed by atoms with van der Waals surface area (Å²) in [7, 11) is 0. The Morgan fingerprint density at radius 1 is 1.20 bits per heavy atom. The predicted octanol–water partition coefficient (Wildman–Crippen LogP) is 3.02. The van der Waals surface area contributed by atoms with Crippen molar-refractivity contribution < 1.29 is 9.18 Å². The van der Waals surface area contributed by atoms with Crippen LogP contribution < -0.4 is 11.1 Å². The number of hydrogen-bond donors (Lipinski definition) is 2. The molecule has 0 unspecified atom stereocenters. The maximum atomic E-state index is 13.4. The second-order valence-corrected chi connectivity index (χ2v) is 4.80. The molecule has 3 N–H and O–H groups in total. The van der Waals surface area contributed by atoms with Gasteiger partial charge >= 0.3 is 0 Å². The van der Waals surface area contributed by atoms with Crippen molar-refractivity contribution in [2.24, 2.45) is 5.73 Å². The minimum atomic E-state index is -0.361. The molecule has 2 aromatic rings. The molecule has 0 aromatic heterocycles. The number of halogens is 1. The van der Waals surface area contributed by atoms with Crippen LogP contribution in [0.2, 0.25) is 0 Å². The number of rotatable bonds is 3. The number of thiocarbonyl (C=S) groups is 1. The molecule has 0 atom stereocenters. The summed E-state index contributed by atoms with van der Waals surface area (Å²) in [6.07, 6.45) is 0. The molecule has 0 heterocycles.